The summed E-state index contributed by atoms with van der Waals surface area (Å²) in [6.45, 7) is 3.85. The van der Waals surface area contributed by atoms with Crippen LogP contribution in [0.15, 0.2) is 28.2 Å². The van der Waals surface area contributed by atoms with Crippen LogP contribution in [0, 0.1) is 11.6 Å². The number of anilines is 1. The minimum Gasteiger partial charge on any atom is -0.324 e. The maximum Gasteiger partial charge on any atom is 0.222 e. The van der Waals surface area contributed by atoms with Crippen LogP contribution in [0.1, 0.15) is 20.3 Å². The maximum atomic E-state index is 13.0. The van der Waals surface area contributed by atoms with Crippen LogP contribution in [0.4, 0.5) is 14.5 Å². The zero-order valence-corrected chi connectivity index (χ0v) is 10.1. The Labute approximate surface area is 99.3 Å². The second-order valence-electron chi connectivity index (χ2n) is 3.50. The molecular formula is C12H15F2N3. The third kappa shape index (κ3) is 3.94. The number of benzene rings is 1. The minimum absolute atomic E-state index is 0.371. The lowest BCUT2D eigenvalue weighted by atomic mass is 10.3. The summed E-state index contributed by atoms with van der Waals surface area (Å²) in [6, 6.07) is 3.55. The van der Waals surface area contributed by atoms with E-state index in [2.05, 4.69) is 15.3 Å². The van der Waals surface area contributed by atoms with Gasteiger partial charge in [0, 0.05) is 24.5 Å². The van der Waals surface area contributed by atoms with Crippen molar-refractivity contribution < 1.29 is 8.78 Å². The fourth-order valence-electron chi connectivity index (χ4n) is 1.10. The van der Waals surface area contributed by atoms with Gasteiger partial charge in [0.2, 0.25) is 5.96 Å². The molecular weight excluding hydrogens is 224 g/mol. The molecule has 3 nitrogen and oxygen atoms in total. The number of rotatable bonds is 2. The molecule has 0 aliphatic heterocycles. The molecule has 0 amide bonds. The van der Waals surface area contributed by atoms with Gasteiger partial charge >= 0.3 is 0 Å². The third-order valence-electron chi connectivity index (χ3n) is 2.20. The van der Waals surface area contributed by atoms with Crippen molar-refractivity contribution >= 4 is 17.4 Å². The Bertz CT molecular complexity index is 453. The SMILES string of the molecule is CC/C(C)=N\C(=NC)Nc1ccc(F)c(F)c1. The fourth-order valence-corrected chi connectivity index (χ4v) is 1.10. The van der Waals surface area contributed by atoms with E-state index in [9.17, 15) is 8.78 Å². The third-order valence-corrected chi connectivity index (χ3v) is 2.20. The van der Waals surface area contributed by atoms with Gasteiger partial charge in [-0.3, -0.25) is 4.99 Å². The van der Waals surface area contributed by atoms with Gasteiger partial charge in [0.1, 0.15) is 0 Å². The van der Waals surface area contributed by atoms with E-state index in [1.54, 1.807) is 7.05 Å². The number of nitrogens with one attached hydrogen (secondary N) is 1. The standard InChI is InChI=1S/C12H15F2N3/c1-4-8(2)16-12(15-3)17-9-5-6-10(13)11(14)7-9/h5-7H,4H2,1-3H3,(H,15,17)/b16-8-. The summed E-state index contributed by atoms with van der Waals surface area (Å²) in [6.07, 6.45) is 0.804. The first-order valence-corrected chi connectivity index (χ1v) is 5.29. The topological polar surface area (TPSA) is 36.8 Å². The van der Waals surface area contributed by atoms with Crippen LogP contribution in [0.25, 0.3) is 0 Å². The highest BCUT2D eigenvalue weighted by molar-refractivity contribution is 6.02. The molecule has 0 fully saturated rings. The summed E-state index contributed by atoms with van der Waals surface area (Å²) in [4.78, 5) is 8.13. The molecule has 0 aromatic heterocycles. The smallest absolute Gasteiger partial charge is 0.222 e. The Hall–Kier alpha value is -1.78. The number of aliphatic imine (C=N–C) groups is 2. The zero-order chi connectivity index (χ0) is 12.8. The second kappa shape index (κ2) is 6.08. The van der Waals surface area contributed by atoms with Crippen LogP contribution in [-0.4, -0.2) is 18.7 Å². The van der Waals surface area contributed by atoms with Gasteiger partial charge in [-0.05, 0) is 25.5 Å². The number of hydrogen-bond donors (Lipinski definition) is 1. The molecule has 0 spiro atoms. The Morgan fingerprint density at radius 2 is 2.00 bits per heavy atom. The summed E-state index contributed by atoms with van der Waals surface area (Å²) in [7, 11) is 1.58. The zero-order valence-electron chi connectivity index (χ0n) is 10.1. The molecule has 0 atom stereocenters. The first kappa shape index (κ1) is 13.3. The van der Waals surface area contributed by atoms with Crippen LogP contribution >= 0.6 is 0 Å². The van der Waals surface area contributed by atoms with Gasteiger partial charge in [0.15, 0.2) is 11.6 Å². The van der Waals surface area contributed by atoms with Gasteiger partial charge in [0.05, 0.1) is 0 Å². The molecule has 0 heterocycles. The van der Waals surface area contributed by atoms with Crippen molar-refractivity contribution in [1.82, 2.24) is 0 Å². The van der Waals surface area contributed by atoms with Crippen molar-refractivity contribution in [1.29, 1.82) is 0 Å². The Balaban J connectivity index is 2.85. The van der Waals surface area contributed by atoms with Crippen LogP contribution in [0.2, 0.25) is 0 Å². The second-order valence-corrected chi connectivity index (χ2v) is 3.50. The molecule has 17 heavy (non-hydrogen) atoms. The molecule has 0 aliphatic rings. The molecule has 1 aromatic carbocycles. The normalized spacial score (nSPS) is 12.8. The van der Waals surface area contributed by atoms with E-state index in [1.165, 1.54) is 6.07 Å². The van der Waals surface area contributed by atoms with Crippen LogP contribution in [0.3, 0.4) is 0 Å². The highest BCUT2D eigenvalue weighted by Gasteiger charge is 2.04. The highest BCUT2D eigenvalue weighted by atomic mass is 19.2. The lowest BCUT2D eigenvalue weighted by Crippen LogP contribution is -2.11. The van der Waals surface area contributed by atoms with Gasteiger partial charge in [-0.25, -0.2) is 13.8 Å². The minimum atomic E-state index is -0.901. The largest absolute Gasteiger partial charge is 0.324 e. The molecule has 5 heteroatoms. The van der Waals surface area contributed by atoms with E-state index in [1.807, 2.05) is 13.8 Å². The number of hydrogen-bond acceptors (Lipinski definition) is 1. The van der Waals surface area contributed by atoms with Crippen LogP contribution in [-0.2, 0) is 0 Å². The predicted octanol–water partition coefficient (Wildman–Crippen LogP) is 3.23. The highest BCUT2D eigenvalue weighted by Crippen LogP contribution is 2.13. The van der Waals surface area contributed by atoms with E-state index in [4.69, 9.17) is 0 Å². The summed E-state index contributed by atoms with van der Waals surface area (Å²) >= 11 is 0. The first-order valence-electron chi connectivity index (χ1n) is 5.29. The lowest BCUT2D eigenvalue weighted by Gasteiger charge is -2.06. The van der Waals surface area contributed by atoms with Crippen LogP contribution < -0.4 is 5.32 Å². The quantitative estimate of drug-likeness (QED) is 0.624. The van der Waals surface area contributed by atoms with Crippen LogP contribution in [0.5, 0.6) is 0 Å². The molecule has 1 aromatic rings. The molecule has 0 radical (unpaired) electrons. The summed E-state index contributed by atoms with van der Waals surface area (Å²) in [5.41, 5.74) is 1.32. The molecule has 0 saturated carbocycles. The summed E-state index contributed by atoms with van der Waals surface area (Å²) in [5.74, 6) is -1.41. The van der Waals surface area contributed by atoms with Crippen molar-refractivity contribution in [2.75, 3.05) is 12.4 Å². The Morgan fingerprint density at radius 1 is 1.29 bits per heavy atom. The fraction of sp³-hybridized carbons (Fsp3) is 0.333. The Morgan fingerprint density at radius 3 is 2.53 bits per heavy atom. The summed E-state index contributed by atoms with van der Waals surface area (Å²) < 4.78 is 25.7. The molecule has 1 N–H and O–H groups in total. The van der Waals surface area contributed by atoms with E-state index in [0.29, 0.717) is 11.6 Å². The van der Waals surface area contributed by atoms with E-state index >= 15 is 0 Å². The van der Waals surface area contributed by atoms with Gasteiger partial charge in [-0.2, -0.15) is 0 Å². The maximum absolute atomic E-state index is 13.0. The molecule has 0 aliphatic carbocycles. The van der Waals surface area contributed by atoms with Crippen molar-refractivity contribution in [3.05, 3.63) is 29.8 Å². The summed E-state index contributed by atoms with van der Waals surface area (Å²) in [5, 5.41) is 2.82. The average Bonchev–Trinajstić information content (AvgIpc) is 2.32. The molecule has 0 saturated heterocycles. The van der Waals surface area contributed by atoms with Crippen molar-refractivity contribution in [3.63, 3.8) is 0 Å². The van der Waals surface area contributed by atoms with Gasteiger partial charge in [0.25, 0.3) is 0 Å². The van der Waals surface area contributed by atoms with Crippen molar-refractivity contribution in [3.8, 4) is 0 Å². The predicted molar refractivity (Wildman–Crippen MR) is 66.7 cm³/mol. The molecule has 92 valence electrons. The van der Waals surface area contributed by atoms with Gasteiger partial charge < -0.3 is 5.32 Å². The Kier molecular flexibility index (Phi) is 4.75. The molecule has 0 bridgehead atoms. The van der Waals surface area contributed by atoms with Crippen molar-refractivity contribution in [2.45, 2.75) is 20.3 Å². The van der Waals surface area contributed by atoms with Gasteiger partial charge in [-0.15, -0.1) is 0 Å². The number of halogens is 2. The molecule has 1 rings (SSSR count). The number of guanidine groups is 1. The van der Waals surface area contributed by atoms with E-state index in [0.717, 1.165) is 24.3 Å². The average molecular weight is 239 g/mol. The van der Waals surface area contributed by atoms with Crippen molar-refractivity contribution in [2.24, 2.45) is 9.98 Å². The first-order chi connectivity index (χ1) is 8.06. The van der Waals surface area contributed by atoms with E-state index < -0.39 is 11.6 Å². The number of nitrogens with zero attached hydrogens (tertiary/aromatic N) is 2. The molecule has 0 unspecified atom stereocenters. The van der Waals surface area contributed by atoms with Gasteiger partial charge in [-0.1, -0.05) is 6.92 Å². The van der Waals surface area contributed by atoms with E-state index in [-0.39, 0.29) is 0 Å². The lowest BCUT2D eigenvalue weighted by molar-refractivity contribution is 0.509. The monoisotopic (exact) mass is 239 g/mol.